The van der Waals surface area contributed by atoms with Crippen molar-refractivity contribution in [1.82, 2.24) is 10.1 Å². The van der Waals surface area contributed by atoms with E-state index in [1.165, 1.54) is 24.8 Å². The highest BCUT2D eigenvalue weighted by Gasteiger charge is 2.21. The Morgan fingerprint density at radius 3 is 2.42 bits per heavy atom. The lowest BCUT2D eigenvalue weighted by atomic mass is 10.0. The molecule has 0 N–H and O–H groups in total. The Bertz CT molecular complexity index is 1030. The summed E-state index contributed by atoms with van der Waals surface area (Å²) in [5.41, 5.74) is 2.58. The van der Waals surface area contributed by atoms with Crippen molar-refractivity contribution in [1.29, 1.82) is 0 Å². The molecule has 164 valence electrons. The Labute approximate surface area is 182 Å². The molecule has 3 aromatic rings. The topological polar surface area (TPSA) is 68.5 Å². The number of aryl methyl sites for hydroxylation is 1. The molecule has 0 atom stereocenters. The van der Waals surface area contributed by atoms with Crippen LogP contribution in [0.2, 0.25) is 0 Å². The number of carbonyl (C=O) groups is 1. The zero-order chi connectivity index (χ0) is 22.5. The molecule has 2 aromatic carbocycles. The van der Waals surface area contributed by atoms with E-state index in [9.17, 15) is 9.18 Å². The third kappa shape index (κ3) is 5.29. The molecule has 0 fully saturated rings. The molecule has 0 bridgehead atoms. The first-order valence-electron chi connectivity index (χ1n) is 10.4. The maximum absolute atomic E-state index is 14.1. The summed E-state index contributed by atoms with van der Waals surface area (Å²) in [6, 6.07) is 12.4. The van der Waals surface area contributed by atoms with E-state index >= 15 is 0 Å². The van der Waals surface area contributed by atoms with Crippen LogP contribution in [0.1, 0.15) is 51.5 Å². The Hall–Kier alpha value is -3.22. The molecule has 7 heteroatoms. The number of hydrogen-bond donors (Lipinski definition) is 0. The summed E-state index contributed by atoms with van der Waals surface area (Å²) >= 11 is 0. The Morgan fingerprint density at radius 2 is 1.84 bits per heavy atom. The van der Waals surface area contributed by atoms with Gasteiger partial charge in [-0.1, -0.05) is 43.3 Å². The molecule has 0 radical (unpaired) electrons. The van der Waals surface area contributed by atoms with E-state index in [1.807, 2.05) is 38.1 Å². The largest absolute Gasteiger partial charge is 0.494 e. The predicted molar refractivity (Wildman–Crippen MR) is 118 cm³/mol. The van der Waals surface area contributed by atoms with Crippen molar-refractivity contribution in [3.63, 3.8) is 0 Å². The van der Waals surface area contributed by atoms with E-state index in [0.29, 0.717) is 29.7 Å². The highest BCUT2D eigenvalue weighted by molar-refractivity contribution is 5.94. The van der Waals surface area contributed by atoms with Gasteiger partial charge in [0.2, 0.25) is 17.6 Å². The average molecular weight is 426 g/mol. The number of carbonyl (C=O) groups excluding carboxylic acids is 1. The molecule has 0 aliphatic carbocycles. The lowest BCUT2D eigenvalue weighted by Gasteiger charge is -2.27. The number of halogens is 1. The number of benzene rings is 2. The smallest absolute Gasteiger partial charge is 0.227 e. The zero-order valence-corrected chi connectivity index (χ0v) is 18.6. The van der Waals surface area contributed by atoms with Crippen LogP contribution in [0.15, 0.2) is 47.0 Å². The summed E-state index contributed by atoms with van der Waals surface area (Å²) in [4.78, 5) is 18.9. The number of amides is 1. The Balaban J connectivity index is 1.68. The first kappa shape index (κ1) is 22.5. The van der Waals surface area contributed by atoms with Gasteiger partial charge in [0.25, 0.3) is 0 Å². The number of ether oxygens (including phenoxy) is 1. The van der Waals surface area contributed by atoms with Crippen molar-refractivity contribution in [3.05, 3.63) is 59.7 Å². The van der Waals surface area contributed by atoms with E-state index in [1.54, 1.807) is 11.0 Å². The number of aromatic nitrogens is 2. The minimum absolute atomic E-state index is 0.139. The molecular formula is C24H28FN3O3. The number of rotatable bonds is 8. The van der Waals surface area contributed by atoms with Crippen molar-refractivity contribution in [2.45, 2.75) is 52.5 Å². The van der Waals surface area contributed by atoms with Gasteiger partial charge in [-0.05, 0) is 37.5 Å². The normalized spacial score (nSPS) is 11.2. The van der Waals surface area contributed by atoms with Crippen LogP contribution in [0.5, 0.6) is 5.75 Å². The summed E-state index contributed by atoms with van der Waals surface area (Å²) < 4.78 is 24.4. The maximum atomic E-state index is 14.1. The van der Waals surface area contributed by atoms with Gasteiger partial charge in [0, 0.05) is 36.2 Å². The zero-order valence-electron chi connectivity index (χ0n) is 18.6. The van der Waals surface area contributed by atoms with Gasteiger partial charge in [-0.25, -0.2) is 4.39 Å². The average Bonchev–Trinajstić information content (AvgIpc) is 3.21. The van der Waals surface area contributed by atoms with Gasteiger partial charge in [0.05, 0.1) is 7.11 Å². The molecule has 3 rings (SSSR count). The third-order valence-electron chi connectivity index (χ3n) is 5.06. The summed E-state index contributed by atoms with van der Waals surface area (Å²) in [5, 5.41) is 4.03. The van der Waals surface area contributed by atoms with E-state index in [2.05, 4.69) is 24.0 Å². The molecule has 0 saturated carbocycles. The van der Waals surface area contributed by atoms with Gasteiger partial charge in [-0.15, -0.1) is 0 Å². The molecule has 0 saturated heterocycles. The van der Waals surface area contributed by atoms with Crippen LogP contribution in [0, 0.1) is 5.82 Å². The number of nitrogens with zero attached hydrogens (tertiary/aromatic N) is 3. The summed E-state index contributed by atoms with van der Waals surface area (Å²) in [6.45, 7) is 8.04. The van der Waals surface area contributed by atoms with Gasteiger partial charge < -0.3 is 14.2 Å². The number of hydrogen-bond acceptors (Lipinski definition) is 5. The SMILES string of the molecule is COc1ccc(N(C(=O)CCc2nc(-c3ccc(C(C)C)cc3)no2)C(C)C)cc1F. The van der Waals surface area contributed by atoms with Gasteiger partial charge in [0.15, 0.2) is 11.6 Å². The fraction of sp³-hybridized carbons (Fsp3) is 0.375. The first-order chi connectivity index (χ1) is 14.8. The highest BCUT2D eigenvalue weighted by atomic mass is 19.1. The molecule has 0 unspecified atom stereocenters. The number of anilines is 1. The molecular weight excluding hydrogens is 397 g/mol. The minimum Gasteiger partial charge on any atom is -0.494 e. The Kier molecular flexibility index (Phi) is 7.05. The molecule has 0 spiro atoms. The van der Waals surface area contributed by atoms with Crippen LogP contribution in [-0.4, -0.2) is 29.2 Å². The minimum atomic E-state index is -0.511. The van der Waals surface area contributed by atoms with Gasteiger partial charge in [-0.2, -0.15) is 4.98 Å². The Morgan fingerprint density at radius 1 is 1.13 bits per heavy atom. The van der Waals surface area contributed by atoms with Crippen molar-refractivity contribution >= 4 is 11.6 Å². The van der Waals surface area contributed by atoms with E-state index < -0.39 is 5.82 Å². The van der Waals surface area contributed by atoms with E-state index in [4.69, 9.17) is 9.26 Å². The predicted octanol–water partition coefficient (Wildman–Crippen LogP) is 5.38. The number of methoxy groups -OCH3 is 1. The van der Waals surface area contributed by atoms with E-state index in [-0.39, 0.29) is 24.1 Å². The van der Waals surface area contributed by atoms with Crippen LogP contribution in [-0.2, 0) is 11.2 Å². The van der Waals surface area contributed by atoms with Crippen molar-refractivity contribution in [2.75, 3.05) is 12.0 Å². The maximum Gasteiger partial charge on any atom is 0.227 e. The first-order valence-corrected chi connectivity index (χ1v) is 10.4. The van der Waals surface area contributed by atoms with E-state index in [0.717, 1.165) is 5.56 Å². The summed E-state index contributed by atoms with van der Waals surface area (Å²) in [6.07, 6.45) is 0.470. The van der Waals surface area contributed by atoms with Crippen LogP contribution >= 0.6 is 0 Å². The second kappa shape index (κ2) is 9.73. The van der Waals surface area contributed by atoms with Gasteiger partial charge >= 0.3 is 0 Å². The molecule has 0 aliphatic heterocycles. The van der Waals surface area contributed by atoms with Crippen LogP contribution in [0.25, 0.3) is 11.4 Å². The fourth-order valence-corrected chi connectivity index (χ4v) is 3.36. The van der Waals surface area contributed by atoms with Crippen molar-refractivity contribution in [3.8, 4) is 17.1 Å². The third-order valence-corrected chi connectivity index (χ3v) is 5.06. The van der Waals surface area contributed by atoms with Crippen LogP contribution in [0.3, 0.4) is 0 Å². The quantitative estimate of drug-likeness (QED) is 0.485. The second-order valence-corrected chi connectivity index (χ2v) is 7.96. The monoisotopic (exact) mass is 425 g/mol. The second-order valence-electron chi connectivity index (χ2n) is 7.96. The lowest BCUT2D eigenvalue weighted by Crippen LogP contribution is -2.37. The van der Waals surface area contributed by atoms with Gasteiger partial charge in [-0.3, -0.25) is 4.79 Å². The molecule has 6 nitrogen and oxygen atoms in total. The van der Waals surface area contributed by atoms with Gasteiger partial charge in [0.1, 0.15) is 0 Å². The molecule has 1 aromatic heterocycles. The molecule has 1 heterocycles. The fourth-order valence-electron chi connectivity index (χ4n) is 3.36. The standard InChI is InChI=1S/C24H28FN3O3/c1-15(2)17-6-8-18(9-7-17)24-26-22(31-27-24)12-13-23(29)28(16(3)4)19-10-11-21(30-5)20(25)14-19/h6-11,14-16H,12-13H2,1-5H3. The summed E-state index contributed by atoms with van der Waals surface area (Å²) in [5.74, 6) is 0.810. The summed E-state index contributed by atoms with van der Waals surface area (Å²) in [7, 11) is 1.40. The van der Waals surface area contributed by atoms with Crippen molar-refractivity contribution in [2.24, 2.45) is 0 Å². The van der Waals surface area contributed by atoms with Crippen molar-refractivity contribution < 1.29 is 18.4 Å². The lowest BCUT2D eigenvalue weighted by molar-refractivity contribution is -0.119. The van der Waals surface area contributed by atoms with Crippen LogP contribution < -0.4 is 9.64 Å². The molecule has 31 heavy (non-hydrogen) atoms. The highest BCUT2D eigenvalue weighted by Crippen LogP contribution is 2.26. The van der Waals surface area contributed by atoms with Crippen LogP contribution in [0.4, 0.5) is 10.1 Å². The molecule has 0 aliphatic rings. The molecule has 1 amide bonds.